The fraction of sp³-hybridized carbons (Fsp3) is 0.429. The van der Waals surface area contributed by atoms with Gasteiger partial charge in [-0.05, 0) is 6.42 Å². The normalized spacial score (nSPS) is 27.3. The molecule has 1 saturated heterocycles. The van der Waals surface area contributed by atoms with Gasteiger partial charge in [-0.15, -0.1) is 11.8 Å². The number of carboxylic acid groups (broad SMARTS) is 1. The number of fused-ring (bicyclic) bond motifs is 1. The Morgan fingerprint density at radius 2 is 2.50 bits per heavy atom. The Hall–Kier alpha value is -0.970. The van der Waals surface area contributed by atoms with Gasteiger partial charge >= 0.3 is 5.97 Å². The third kappa shape index (κ3) is 0.929. The fourth-order valence-electron chi connectivity index (χ4n) is 1.44. The van der Waals surface area contributed by atoms with Gasteiger partial charge in [-0.2, -0.15) is 0 Å². The molecule has 2 heterocycles. The maximum Gasteiger partial charge on any atom is 0.352 e. The highest BCUT2D eigenvalue weighted by atomic mass is 32.2. The van der Waals surface area contributed by atoms with E-state index in [1.807, 2.05) is 0 Å². The first-order valence-corrected chi connectivity index (χ1v) is 4.62. The number of nitrogens with zero attached hydrogens (tertiary/aromatic N) is 1. The Morgan fingerprint density at radius 3 is 3.17 bits per heavy atom. The molecule has 1 amide bonds. The van der Waals surface area contributed by atoms with Crippen molar-refractivity contribution in [3.05, 3.63) is 11.8 Å². The Bertz CT molecular complexity index is 286. The van der Waals surface area contributed by atoms with Gasteiger partial charge in [-0.1, -0.05) is 6.08 Å². The van der Waals surface area contributed by atoms with Gasteiger partial charge in [0.25, 0.3) is 0 Å². The lowest BCUT2D eigenvalue weighted by Crippen LogP contribution is -2.30. The van der Waals surface area contributed by atoms with Gasteiger partial charge in [0.15, 0.2) is 0 Å². The Kier molecular flexibility index (Phi) is 1.61. The maximum atomic E-state index is 11.2. The summed E-state index contributed by atoms with van der Waals surface area (Å²) in [6.45, 7) is 0. The molecule has 1 unspecified atom stereocenters. The summed E-state index contributed by atoms with van der Waals surface area (Å²) in [5.41, 5.74) is 0.148. The molecule has 2 aliphatic heterocycles. The Balaban J connectivity index is 2.28. The lowest BCUT2D eigenvalue weighted by molar-refractivity contribution is -0.138. The van der Waals surface area contributed by atoms with Crippen molar-refractivity contribution in [1.29, 1.82) is 0 Å². The molecule has 0 saturated carbocycles. The lowest BCUT2D eigenvalue weighted by atomic mass is 10.4. The second-order valence-electron chi connectivity index (χ2n) is 2.66. The third-order valence-electron chi connectivity index (χ3n) is 1.95. The predicted octanol–water partition coefficient (Wildman–Crippen LogP) is 0.260. The molecule has 1 N–H and O–H groups in total. The van der Waals surface area contributed by atoms with Crippen LogP contribution in [0.2, 0.25) is 0 Å². The van der Waals surface area contributed by atoms with Gasteiger partial charge in [0.1, 0.15) is 5.70 Å². The van der Waals surface area contributed by atoms with E-state index in [9.17, 15) is 9.59 Å². The van der Waals surface area contributed by atoms with Gasteiger partial charge in [-0.3, -0.25) is 9.69 Å². The molecule has 0 aromatic rings. The molecule has 0 aliphatic carbocycles. The fourth-order valence-corrected chi connectivity index (χ4v) is 2.52. The first-order valence-electron chi connectivity index (χ1n) is 3.57. The van der Waals surface area contributed by atoms with Crippen LogP contribution in [0.4, 0.5) is 0 Å². The highest BCUT2D eigenvalue weighted by Crippen LogP contribution is 2.35. The van der Waals surface area contributed by atoms with Crippen molar-refractivity contribution in [1.82, 2.24) is 4.90 Å². The first kappa shape index (κ1) is 7.67. The quantitative estimate of drug-likeness (QED) is 0.636. The molecule has 5 heteroatoms. The number of hydrogen-bond donors (Lipinski definition) is 1. The summed E-state index contributed by atoms with van der Waals surface area (Å²) in [5, 5.41) is 8.75. The van der Waals surface area contributed by atoms with Crippen LogP contribution in [0.15, 0.2) is 11.8 Å². The molecular weight excluding hydrogens is 178 g/mol. The number of amides is 1. The van der Waals surface area contributed by atoms with Gasteiger partial charge in [0, 0.05) is 0 Å². The molecule has 1 atom stereocenters. The molecule has 0 bridgehead atoms. The molecule has 0 radical (unpaired) electrons. The molecule has 12 heavy (non-hydrogen) atoms. The number of carbonyl (C=O) groups is 2. The minimum atomic E-state index is -1.01. The van der Waals surface area contributed by atoms with E-state index in [0.717, 1.165) is 0 Å². The largest absolute Gasteiger partial charge is 0.477 e. The second-order valence-corrected chi connectivity index (χ2v) is 3.83. The van der Waals surface area contributed by atoms with Crippen LogP contribution >= 0.6 is 11.8 Å². The predicted molar refractivity (Wildman–Crippen MR) is 43.4 cm³/mol. The zero-order chi connectivity index (χ0) is 8.72. The van der Waals surface area contributed by atoms with Crippen molar-refractivity contribution in [2.75, 3.05) is 5.75 Å². The van der Waals surface area contributed by atoms with Crippen LogP contribution < -0.4 is 0 Å². The van der Waals surface area contributed by atoms with Crippen molar-refractivity contribution >= 4 is 23.6 Å². The molecule has 4 nitrogen and oxygen atoms in total. The lowest BCUT2D eigenvalue weighted by Gasteiger charge is -2.15. The average molecular weight is 185 g/mol. The summed E-state index contributed by atoms with van der Waals surface area (Å²) >= 11 is 1.50. The summed E-state index contributed by atoms with van der Waals surface area (Å²) < 4.78 is 0. The van der Waals surface area contributed by atoms with E-state index in [0.29, 0.717) is 12.2 Å². The van der Waals surface area contributed by atoms with E-state index in [2.05, 4.69) is 0 Å². The number of thioether (sulfide) groups is 1. The summed E-state index contributed by atoms with van der Waals surface area (Å²) in [7, 11) is 0. The van der Waals surface area contributed by atoms with Crippen LogP contribution in [0.3, 0.4) is 0 Å². The Labute approximate surface area is 73.2 Å². The number of rotatable bonds is 1. The van der Waals surface area contributed by atoms with E-state index >= 15 is 0 Å². The molecular formula is C7H7NO3S. The topological polar surface area (TPSA) is 57.6 Å². The minimum Gasteiger partial charge on any atom is -0.477 e. The molecule has 1 fully saturated rings. The number of aliphatic carboxylic acids is 1. The zero-order valence-corrected chi connectivity index (χ0v) is 7.00. The molecule has 2 rings (SSSR count). The van der Waals surface area contributed by atoms with Crippen LogP contribution in [0, 0.1) is 0 Å². The minimum absolute atomic E-state index is 0.0450. The van der Waals surface area contributed by atoms with E-state index in [1.165, 1.54) is 16.7 Å². The summed E-state index contributed by atoms with van der Waals surface area (Å²) in [4.78, 5) is 23.2. The molecule has 2 aliphatic rings. The standard InChI is InChI=1S/C7H7NO3S/c9-5-3-12-6-2-1-4(7(10)11)8(5)6/h1,6H,2-3H2,(H,10,11). The van der Waals surface area contributed by atoms with Gasteiger partial charge in [0.2, 0.25) is 5.91 Å². The van der Waals surface area contributed by atoms with Crippen molar-refractivity contribution in [3.8, 4) is 0 Å². The highest BCUT2D eigenvalue weighted by Gasteiger charge is 2.39. The summed E-state index contributed by atoms with van der Waals surface area (Å²) in [6, 6.07) is 0. The number of carbonyl (C=O) groups excluding carboxylic acids is 1. The monoisotopic (exact) mass is 185 g/mol. The van der Waals surface area contributed by atoms with Gasteiger partial charge in [-0.25, -0.2) is 4.79 Å². The van der Waals surface area contributed by atoms with Crippen molar-refractivity contribution in [3.63, 3.8) is 0 Å². The molecule has 0 aromatic carbocycles. The van der Waals surface area contributed by atoms with Gasteiger partial charge < -0.3 is 5.11 Å². The Morgan fingerprint density at radius 1 is 1.75 bits per heavy atom. The van der Waals surface area contributed by atoms with Crippen LogP contribution in [-0.2, 0) is 9.59 Å². The number of hydrogen-bond acceptors (Lipinski definition) is 3. The SMILES string of the molecule is O=C(O)C1=CCC2SCC(=O)N12. The van der Waals surface area contributed by atoms with E-state index in [4.69, 9.17) is 5.11 Å². The molecule has 0 aromatic heterocycles. The van der Waals surface area contributed by atoms with E-state index in [1.54, 1.807) is 6.08 Å². The second kappa shape index (κ2) is 2.52. The maximum absolute atomic E-state index is 11.2. The van der Waals surface area contributed by atoms with E-state index in [-0.39, 0.29) is 17.0 Å². The smallest absolute Gasteiger partial charge is 0.352 e. The van der Waals surface area contributed by atoms with Crippen LogP contribution in [-0.4, -0.2) is 33.0 Å². The molecule has 64 valence electrons. The van der Waals surface area contributed by atoms with Crippen molar-refractivity contribution < 1.29 is 14.7 Å². The first-order chi connectivity index (χ1) is 5.70. The third-order valence-corrected chi connectivity index (χ3v) is 3.15. The highest BCUT2D eigenvalue weighted by molar-refractivity contribution is 8.01. The molecule has 0 spiro atoms. The van der Waals surface area contributed by atoms with Crippen LogP contribution in [0.25, 0.3) is 0 Å². The van der Waals surface area contributed by atoms with Crippen molar-refractivity contribution in [2.24, 2.45) is 0 Å². The van der Waals surface area contributed by atoms with Crippen LogP contribution in [0.1, 0.15) is 6.42 Å². The summed E-state index contributed by atoms with van der Waals surface area (Å²) in [6.07, 6.45) is 2.27. The van der Waals surface area contributed by atoms with Gasteiger partial charge in [0.05, 0.1) is 11.1 Å². The summed E-state index contributed by atoms with van der Waals surface area (Å²) in [5.74, 6) is -0.681. The van der Waals surface area contributed by atoms with E-state index < -0.39 is 5.97 Å². The number of carboxylic acids is 1. The zero-order valence-electron chi connectivity index (χ0n) is 6.19. The van der Waals surface area contributed by atoms with Crippen LogP contribution in [0.5, 0.6) is 0 Å². The average Bonchev–Trinajstić information content (AvgIpc) is 2.53. The van der Waals surface area contributed by atoms with Crippen molar-refractivity contribution in [2.45, 2.75) is 11.8 Å².